The number of carboxylic acid groups (broad SMARTS) is 1. The van der Waals surface area contributed by atoms with Crippen molar-refractivity contribution in [1.82, 2.24) is 0 Å². The van der Waals surface area contributed by atoms with Gasteiger partial charge in [-0.3, -0.25) is 9.59 Å². The summed E-state index contributed by atoms with van der Waals surface area (Å²) in [4.78, 5) is 23.2. The zero-order valence-electron chi connectivity index (χ0n) is 13.0. The average molecular weight is 322 g/mol. The fourth-order valence-corrected chi connectivity index (χ4v) is 2.67. The molecule has 2 rings (SSSR count). The molecule has 126 valence electrons. The normalized spacial score (nSPS) is 16.5. The molecule has 0 radical (unpaired) electrons. The van der Waals surface area contributed by atoms with Gasteiger partial charge in [0, 0.05) is 13.2 Å². The molecule has 6 nitrogen and oxygen atoms in total. The summed E-state index contributed by atoms with van der Waals surface area (Å²) in [6.45, 7) is 1.47. The summed E-state index contributed by atoms with van der Waals surface area (Å²) in [6, 6.07) is 9.23. The van der Waals surface area contributed by atoms with E-state index in [-0.39, 0.29) is 25.6 Å². The van der Waals surface area contributed by atoms with E-state index in [0.29, 0.717) is 31.8 Å². The Labute approximate surface area is 135 Å². The molecule has 0 amide bonds. The molecule has 0 saturated carbocycles. The number of para-hydroxylation sites is 1. The molecule has 0 aromatic heterocycles. The summed E-state index contributed by atoms with van der Waals surface area (Å²) in [5.41, 5.74) is 0. The first kappa shape index (κ1) is 17.3. The second-order valence-electron chi connectivity index (χ2n) is 5.48. The van der Waals surface area contributed by atoms with Crippen molar-refractivity contribution in [1.29, 1.82) is 0 Å². The van der Waals surface area contributed by atoms with Crippen LogP contribution in [0.1, 0.15) is 19.3 Å². The zero-order valence-corrected chi connectivity index (χ0v) is 13.0. The number of hydrogen-bond donors (Lipinski definition) is 1. The van der Waals surface area contributed by atoms with Crippen LogP contribution in [-0.2, 0) is 19.1 Å². The van der Waals surface area contributed by atoms with Crippen molar-refractivity contribution in [3.05, 3.63) is 30.3 Å². The first-order valence-corrected chi connectivity index (χ1v) is 7.81. The molecule has 1 aromatic rings. The van der Waals surface area contributed by atoms with Gasteiger partial charge in [0.25, 0.3) is 0 Å². The van der Waals surface area contributed by atoms with Crippen molar-refractivity contribution in [3.8, 4) is 5.75 Å². The lowest BCUT2D eigenvalue weighted by Crippen LogP contribution is -2.32. The quantitative estimate of drug-likeness (QED) is 0.583. The number of benzene rings is 1. The third-order valence-corrected chi connectivity index (χ3v) is 3.87. The van der Waals surface area contributed by atoms with E-state index in [1.165, 1.54) is 0 Å². The molecule has 1 aromatic carbocycles. The molecule has 0 spiro atoms. The number of esters is 1. The Balaban J connectivity index is 1.78. The largest absolute Gasteiger partial charge is 0.490 e. The zero-order chi connectivity index (χ0) is 16.5. The predicted octanol–water partition coefficient (Wildman–Crippen LogP) is 2.13. The number of carboxylic acids is 1. The van der Waals surface area contributed by atoms with Gasteiger partial charge >= 0.3 is 11.9 Å². The second kappa shape index (κ2) is 9.15. The maximum atomic E-state index is 12.2. The highest BCUT2D eigenvalue weighted by molar-refractivity contribution is 5.79. The van der Waals surface area contributed by atoms with E-state index in [9.17, 15) is 9.59 Å². The van der Waals surface area contributed by atoms with E-state index in [1.54, 1.807) is 0 Å². The van der Waals surface area contributed by atoms with Crippen LogP contribution in [0.15, 0.2) is 30.3 Å². The third kappa shape index (κ3) is 5.90. The highest BCUT2D eigenvalue weighted by Crippen LogP contribution is 2.27. The fraction of sp³-hybridized carbons (Fsp3) is 0.529. The molecular weight excluding hydrogens is 300 g/mol. The number of rotatable bonds is 8. The minimum atomic E-state index is -0.987. The molecular formula is C17H22O6. The lowest BCUT2D eigenvalue weighted by molar-refractivity contribution is -0.157. The maximum Gasteiger partial charge on any atom is 0.309 e. The summed E-state index contributed by atoms with van der Waals surface area (Å²) < 4.78 is 15.9. The van der Waals surface area contributed by atoms with Gasteiger partial charge in [-0.25, -0.2) is 0 Å². The molecule has 1 fully saturated rings. The summed E-state index contributed by atoms with van der Waals surface area (Å²) in [5.74, 6) is -1.36. The highest BCUT2D eigenvalue weighted by Gasteiger charge is 2.32. The lowest BCUT2D eigenvalue weighted by Gasteiger charge is -2.27. The Kier molecular flexibility index (Phi) is 6.87. The molecule has 6 heteroatoms. The van der Waals surface area contributed by atoms with Gasteiger partial charge < -0.3 is 19.3 Å². The topological polar surface area (TPSA) is 82.1 Å². The van der Waals surface area contributed by atoms with Crippen LogP contribution in [0.5, 0.6) is 5.75 Å². The van der Waals surface area contributed by atoms with E-state index in [1.807, 2.05) is 30.3 Å². The van der Waals surface area contributed by atoms with E-state index < -0.39 is 17.9 Å². The summed E-state index contributed by atoms with van der Waals surface area (Å²) in [7, 11) is 0. The van der Waals surface area contributed by atoms with Gasteiger partial charge in [0.05, 0.1) is 12.3 Å². The minimum Gasteiger partial charge on any atom is -0.490 e. The monoisotopic (exact) mass is 322 g/mol. The molecule has 1 atom stereocenters. The van der Waals surface area contributed by atoms with Gasteiger partial charge in [-0.15, -0.1) is 0 Å². The van der Waals surface area contributed by atoms with Gasteiger partial charge in [-0.1, -0.05) is 18.2 Å². The van der Waals surface area contributed by atoms with Crippen molar-refractivity contribution in [2.24, 2.45) is 11.8 Å². The molecule has 0 unspecified atom stereocenters. The predicted molar refractivity (Wildman–Crippen MR) is 82.2 cm³/mol. The number of ether oxygens (including phenoxy) is 3. The molecule has 1 N–H and O–H groups in total. The average Bonchev–Trinajstić information content (AvgIpc) is 2.58. The Morgan fingerprint density at radius 2 is 1.87 bits per heavy atom. The van der Waals surface area contributed by atoms with E-state index in [2.05, 4.69) is 0 Å². The van der Waals surface area contributed by atoms with Crippen LogP contribution >= 0.6 is 0 Å². The molecule has 23 heavy (non-hydrogen) atoms. The number of aliphatic carboxylic acids is 1. The number of hydrogen-bond acceptors (Lipinski definition) is 5. The van der Waals surface area contributed by atoms with Gasteiger partial charge in [-0.2, -0.15) is 0 Å². The van der Waals surface area contributed by atoms with Crippen LogP contribution < -0.4 is 4.74 Å². The van der Waals surface area contributed by atoms with Crippen molar-refractivity contribution in [2.75, 3.05) is 26.4 Å². The van der Waals surface area contributed by atoms with E-state index >= 15 is 0 Å². The van der Waals surface area contributed by atoms with Crippen LogP contribution in [0.25, 0.3) is 0 Å². The Morgan fingerprint density at radius 1 is 1.17 bits per heavy atom. The smallest absolute Gasteiger partial charge is 0.309 e. The van der Waals surface area contributed by atoms with Crippen LogP contribution in [0, 0.1) is 11.8 Å². The van der Waals surface area contributed by atoms with Gasteiger partial charge in [0.1, 0.15) is 19.0 Å². The van der Waals surface area contributed by atoms with Crippen LogP contribution in [0.4, 0.5) is 0 Å². The van der Waals surface area contributed by atoms with Gasteiger partial charge in [0.2, 0.25) is 0 Å². The molecule has 1 aliphatic heterocycles. The van der Waals surface area contributed by atoms with Gasteiger partial charge in [-0.05, 0) is 30.9 Å². The molecule has 1 saturated heterocycles. The lowest BCUT2D eigenvalue weighted by atomic mass is 9.84. The van der Waals surface area contributed by atoms with Crippen molar-refractivity contribution in [3.63, 3.8) is 0 Å². The van der Waals surface area contributed by atoms with Crippen molar-refractivity contribution < 1.29 is 28.9 Å². The van der Waals surface area contributed by atoms with Crippen molar-refractivity contribution in [2.45, 2.75) is 19.3 Å². The summed E-state index contributed by atoms with van der Waals surface area (Å²) in [6.07, 6.45) is 1.17. The maximum absolute atomic E-state index is 12.2. The second-order valence-corrected chi connectivity index (χ2v) is 5.48. The first-order chi connectivity index (χ1) is 11.2. The SMILES string of the molecule is O=C(O)C[C@H](C(=O)OCCOc1ccccc1)C1CCOCC1. The van der Waals surface area contributed by atoms with Crippen LogP contribution in [-0.4, -0.2) is 43.5 Å². The van der Waals surface area contributed by atoms with Crippen molar-refractivity contribution >= 4 is 11.9 Å². The molecule has 0 bridgehead atoms. The number of carbonyl (C=O) groups excluding carboxylic acids is 1. The van der Waals surface area contributed by atoms with Crippen LogP contribution in [0.3, 0.4) is 0 Å². The Bertz CT molecular complexity index is 495. The molecule has 0 aliphatic carbocycles. The summed E-state index contributed by atoms with van der Waals surface area (Å²) >= 11 is 0. The molecule has 1 heterocycles. The third-order valence-electron chi connectivity index (χ3n) is 3.87. The van der Waals surface area contributed by atoms with Crippen LogP contribution in [0.2, 0.25) is 0 Å². The van der Waals surface area contributed by atoms with E-state index in [0.717, 1.165) is 0 Å². The van der Waals surface area contributed by atoms with Gasteiger partial charge in [0.15, 0.2) is 0 Å². The first-order valence-electron chi connectivity index (χ1n) is 7.81. The fourth-order valence-electron chi connectivity index (χ4n) is 2.67. The number of carbonyl (C=O) groups is 2. The summed E-state index contributed by atoms with van der Waals surface area (Å²) in [5, 5.41) is 9.02. The van der Waals surface area contributed by atoms with E-state index in [4.69, 9.17) is 19.3 Å². The highest BCUT2D eigenvalue weighted by atomic mass is 16.6. The minimum absolute atomic E-state index is 0.00221. The Hall–Kier alpha value is -2.08. The standard InChI is InChI=1S/C17H22O6/c18-16(19)12-15(13-6-8-21-9-7-13)17(20)23-11-10-22-14-4-2-1-3-5-14/h1-5,13,15H,6-12H2,(H,18,19)/t15-/m0/s1. The Morgan fingerprint density at radius 3 is 2.52 bits per heavy atom. The molecule has 1 aliphatic rings.